The van der Waals surface area contributed by atoms with Crippen LogP contribution in [0.4, 0.5) is 0 Å². The number of fused-ring (bicyclic) bond motifs is 2. The number of carbonyl (C=O) groups is 1. The fraction of sp³-hybridized carbons (Fsp3) is 0.464. The SMILES string of the molecule is CCC(C)c1ccc(O)cc1.CCC(C)c1ccc(OC(=O)C2CC3C=CC2C3)cc1. The molecular formula is C28H36O3. The molecule has 3 heteroatoms. The molecule has 0 saturated heterocycles. The Kier molecular flexibility index (Phi) is 7.95. The van der Waals surface area contributed by atoms with Gasteiger partial charge in [-0.3, -0.25) is 4.79 Å². The van der Waals surface area contributed by atoms with Gasteiger partial charge < -0.3 is 9.84 Å². The minimum Gasteiger partial charge on any atom is -0.508 e. The number of allylic oxidation sites excluding steroid dienone is 2. The van der Waals surface area contributed by atoms with Gasteiger partial charge in [-0.25, -0.2) is 0 Å². The lowest BCUT2D eigenvalue weighted by Crippen LogP contribution is -2.23. The van der Waals surface area contributed by atoms with Gasteiger partial charge >= 0.3 is 5.97 Å². The van der Waals surface area contributed by atoms with Crippen molar-refractivity contribution in [1.29, 1.82) is 0 Å². The molecule has 2 aliphatic carbocycles. The van der Waals surface area contributed by atoms with E-state index in [-0.39, 0.29) is 11.9 Å². The molecular weight excluding hydrogens is 384 g/mol. The van der Waals surface area contributed by atoms with E-state index in [1.165, 1.54) is 11.1 Å². The average molecular weight is 421 g/mol. The number of carbonyl (C=O) groups excluding carboxylic acids is 1. The van der Waals surface area contributed by atoms with Crippen molar-refractivity contribution in [2.45, 2.75) is 65.2 Å². The number of hydrogen-bond donors (Lipinski definition) is 1. The fourth-order valence-electron chi connectivity index (χ4n) is 4.38. The lowest BCUT2D eigenvalue weighted by Gasteiger charge is -2.17. The molecule has 0 aliphatic heterocycles. The summed E-state index contributed by atoms with van der Waals surface area (Å²) in [6.07, 6.45) is 8.79. The highest BCUT2D eigenvalue weighted by Crippen LogP contribution is 2.44. The second-order valence-electron chi connectivity index (χ2n) is 9.09. The van der Waals surface area contributed by atoms with Crippen molar-refractivity contribution in [2.75, 3.05) is 0 Å². The Morgan fingerprint density at radius 2 is 1.45 bits per heavy atom. The number of rotatable bonds is 6. The van der Waals surface area contributed by atoms with Crippen LogP contribution in [0.3, 0.4) is 0 Å². The van der Waals surface area contributed by atoms with Gasteiger partial charge in [0.2, 0.25) is 0 Å². The van der Waals surface area contributed by atoms with Crippen LogP contribution in [0.5, 0.6) is 11.5 Å². The van der Waals surface area contributed by atoms with Crippen molar-refractivity contribution in [1.82, 2.24) is 0 Å². The number of hydrogen-bond acceptors (Lipinski definition) is 3. The predicted molar refractivity (Wildman–Crippen MR) is 126 cm³/mol. The van der Waals surface area contributed by atoms with Gasteiger partial charge in [0, 0.05) is 0 Å². The van der Waals surface area contributed by atoms with Crippen LogP contribution in [-0.2, 0) is 4.79 Å². The lowest BCUT2D eigenvalue weighted by atomic mass is 9.94. The molecule has 0 aromatic heterocycles. The zero-order chi connectivity index (χ0) is 22.4. The summed E-state index contributed by atoms with van der Waals surface area (Å²) >= 11 is 0. The summed E-state index contributed by atoms with van der Waals surface area (Å²) in [7, 11) is 0. The van der Waals surface area contributed by atoms with Gasteiger partial charge in [0.1, 0.15) is 11.5 Å². The summed E-state index contributed by atoms with van der Waals surface area (Å²) in [6, 6.07) is 15.4. The molecule has 0 radical (unpaired) electrons. The molecule has 2 aromatic rings. The first-order chi connectivity index (χ1) is 14.9. The predicted octanol–water partition coefficient (Wildman–Crippen LogP) is 7.22. The summed E-state index contributed by atoms with van der Waals surface area (Å²) in [5, 5.41) is 9.01. The molecule has 2 aliphatic rings. The second kappa shape index (κ2) is 10.7. The van der Waals surface area contributed by atoms with Crippen LogP contribution in [0.1, 0.15) is 76.3 Å². The van der Waals surface area contributed by atoms with Crippen LogP contribution in [-0.4, -0.2) is 11.1 Å². The first-order valence-corrected chi connectivity index (χ1v) is 11.7. The van der Waals surface area contributed by atoms with E-state index in [9.17, 15) is 4.79 Å². The lowest BCUT2D eigenvalue weighted by molar-refractivity contribution is -0.139. The molecule has 1 fully saturated rings. The van der Waals surface area contributed by atoms with E-state index < -0.39 is 0 Å². The van der Waals surface area contributed by atoms with E-state index in [0.29, 0.717) is 35.2 Å². The second-order valence-corrected chi connectivity index (χ2v) is 9.09. The smallest absolute Gasteiger partial charge is 0.314 e. The molecule has 2 aromatic carbocycles. The Balaban J connectivity index is 0.000000210. The maximum absolute atomic E-state index is 12.2. The highest BCUT2D eigenvalue weighted by Gasteiger charge is 2.40. The zero-order valence-corrected chi connectivity index (χ0v) is 19.3. The van der Waals surface area contributed by atoms with Crippen LogP contribution >= 0.6 is 0 Å². The number of aromatic hydroxyl groups is 1. The maximum atomic E-state index is 12.2. The average Bonchev–Trinajstić information content (AvgIpc) is 3.43. The largest absolute Gasteiger partial charge is 0.508 e. The quantitative estimate of drug-likeness (QED) is 0.305. The summed E-state index contributed by atoms with van der Waals surface area (Å²) in [6.45, 7) is 8.74. The van der Waals surface area contributed by atoms with Gasteiger partial charge in [-0.2, -0.15) is 0 Å². The van der Waals surface area contributed by atoms with Crippen molar-refractivity contribution in [2.24, 2.45) is 17.8 Å². The third-order valence-corrected chi connectivity index (χ3v) is 6.94. The highest BCUT2D eigenvalue weighted by molar-refractivity contribution is 5.76. The minimum atomic E-state index is -0.0573. The zero-order valence-electron chi connectivity index (χ0n) is 19.3. The van der Waals surface area contributed by atoms with Crippen LogP contribution in [0.25, 0.3) is 0 Å². The van der Waals surface area contributed by atoms with Crippen LogP contribution in [0, 0.1) is 17.8 Å². The molecule has 5 atom stereocenters. The number of benzene rings is 2. The number of phenolic OH excluding ortho intramolecular Hbond substituents is 1. The van der Waals surface area contributed by atoms with Gasteiger partial charge in [-0.05, 0) is 84.7 Å². The summed E-state index contributed by atoms with van der Waals surface area (Å²) in [4.78, 5) is 12.2. The molecule has 0 heterocycles. The van der Waals surface area contributed by atoms with E-state index >= 15 is 0 Å². The molecule has 5 unspecified atom stereocenters. The van der Waals surface area contributed by atoms with E-state index in [1.807, 2.05) is 24.3 Å². The molecule has 0 amide bonds. The fourth-order valence-corrected chi connectivity index (χ4v) is 4.38. The number of phenols is 1. The molecule has 0 spiro atoms. The van der Waals surface area contributed by atoms with Gasteiger partial charge in [0.25, 0.3) is 0 Å². The van der Waals surface area contributed by atoms with Crippen molar-refractivity contribution < 1.29 is 14.6 Å². The third-order valence-electron chi connectivity index (χ3n) is 6.94. The monoisotopic (exact) mass is 420 g/mol. The molecule has 166 valence electrons. The molecule has 1 N–H and O–H groups in total. The number of esters is 1. The third kappa shape index (κ3) is 6.00. The van der Waals surface area contributed by atoms with Crippen molar-refractivity contribution >= 4 is 5.97 Å². The van der Waals surface area contributed by atoms with Gasteiger partial charge in [-0.15, -0.1) is 0 Å². The van der Waals surface area contributed by atoms with Crippen LogP contribution in [0.2, 0.25) is 0 Å². The molecule has 2 bridgehead atoms. The number of ether oxygens (including phenoxy) is 1. The van der Waals surface area contributed by atoms with E-state index in [2.05, 4.69) is 52.0 Å². The Hall–Kier alpha value is -2.55. The molecule has 1 saturated carbocycles. The Morgan fingerprint density at radius 3 is 1.90 bits per heavy atom. The van der Waals surface area contributed by atoms with Gasteiger partial charge in [-0.1, -0.05) is 64.1 Å². The maximum Gasteiger partial charge on any atom is 0.314 e. The van der Waals surface area contributed by atoms with Gasteiger partial charge in [0.05, 0.1) is 5.92 Å². The van der Waals surface area contributed by atoms with Crippen molar-refractivity contribution in [3.05, 3.63) is 71.8 Å². The first-order valence-electron chi connectivity index (χ1n) is 11.7. The normalized spacial score (nSPS) is 23.0. The Labute approximate surface area is 187 Å². The summed E-state index contributed by atoms with van der Waals surface area (Å²) < 4.78 is 5.55. The van der Waals surface area contributed by atoms with E-state index in [4.69, 9.17) is 9.84 Å². The van der Waals surface area contributed by atoms with Crippen LogP contribution < -0.4 is 4.74 Å². The Bertz CT molecular complexity index is 866. The topological polar surface area (TPSA) is 46.5 Å². The van der Waals surface area contributed by atoms with Gasteiger partial charge in [0.15, 0.2) is 0 Å². The van der Waals surface area contributed by atoms with E-state index in [0.717, 1.165) is 25.7 Å². The van der Waals surface area contributed by atoms with Crippen molar-refractivity contribution in [3.63, 3.8) is 0 Å². The summed E-state index contributed by atoms with van der Waals surface area (Å²) in [5.41, 5.74) is 2.60. The first kappa shape index (κ1) is 23.1. The summed E-state index contributed by atoms with van der Waals surface area (Å²) in [5.74, 6) is 3.19. The standard InChI is InChI=1S/C18H22O2.C10H14O/c1-3-12(2)14-6-8-16(9-7-14)20-18(19)17-11-13-4-5-15(17)10-13;1-3-8(2)9-4-6-10(11)7-5-9/h4-9,12-13,15,17H,3,10-11H2,1-2H3;4-8,11H,3H2,1-2H3. The van der Waals surface area contributed by atoms with Crippen molar-refractivity contribution in [3.8, 4) is 11.5 Å². The Morgan fingerprint density at radius 1 is 0.903 bits per heavy atom. The van der Waals surface area contributed by atoms with Crippen LogP contribution in [0.15, 0.2) is 60.7 Å². The minimum absolute atomic E-state index is 0.0573. The van der Waals surface area contributed by atoms with E-state index in [1.54, 1.807) is 12.1 Å². The highest BCUT2D eigenvalue weighted by atomic mass is 16.5. The molecule has 31 heavy (non-hydrogen) atoms. The molecule has 3 nitrogen and oxygen atoms in total. The molecule has 4 rings (SSSR count).